The molecule has 0 aromatic carbocycles. The number of nitrogens with two attached hydrogens (primary N) is 1. The van der Waals surface area contributed by atoms with E-state index in [4.69, 9.17) is 19.8 Å². The van der Waals surface area contributed by atoms with Gasteiger partial charge in [0.2, 0.25) is 0 Å². The van der Waals surface area contributed by atoms with Crippen molar-refractivity contribution < 1.29 is 14.0 Å². The third-order valence-electron chi connectivity index (χ3n) is 4.88. The maximum atomic E-state index is 6.06. The van der Waals surface area contributed by atoms with Crippen molar-refractivity contribution in [3.8, 4) is 5.75 Å². The molecule has 2 N–H and O–H groups in total. The molecule has 3 heterocycles. The van der Waals surface area contributed by atoms with Crippen molar-refractivity contribution in [1.82, 2.24) is 14.8 Å². The Labute approximate surface area is 148 Å². The van der Waals surface area contributed by atoms with Crippen LogP contribution in [0.5, 0.6) is 5.75 Å². The van der Waals surface area contributed by atoms with Gasteiger partial charge in [0, 0.05) is 24.9 Å². The minimum Gasteiger partial charge on any atom is -0.480 e. The highest BCUT2D eigenvalue weighted by Gasteiger charge is 2.52. The van der Waals surface area contributed by atoms with E-state index in [1.165, 1.54) is 0 Å². The molecule has 0 amide bonds. The minimum atomic E-state index is -0.509. The van der Waals surface area contributed by atoms with Crippen molar-refractivity contribution in [1.29, 1.82) is 0 Å². The lowest BCUT2D eigenvalue weighted by Crippen LogP contribution is -2.41. The van der Waals surface area contributed by atoms with Gasteiger partial charge in [-0.3, -0.25) is 4.68 Å². The summed E-state index contributed by atoms with van der Waals surface area (Å²) < 4.78 is 19.8. The van der Waals surface area contributed by atoms with Crippen molar-refractivity contribution in [3.05, 3.63) is 30.2 Å². The summed E-state index contributed by atoms with van der Waals surface area (Å²) >= 11 is 0. The highest BCUT2D eigenvalue weighted by molar-refractivity contribution is 6.62. The lowest BCUT2D eigenvalue weighted by atomic mass is 9.80. The fourth-order valence-electron chi connectivity index (χ4n) is 2.57. The summed E-state index contributed by atoms with van der Waals surface area (Å²) in [6.45, 7) is 9.97. The molecule has 0 aliphatic carbocycles. The molecule has 2 aromatic heterocycles. The van der Waals surface area contributed by atoms with Crippen LogP contribution in [0, 0.1) is 0 Å². The fraction of sp³-hybridized carbons (Fsp3) is 0.529. The van der Waals surface area contributed by atoms with Crippen molar-refractivity contribution in [2.24, 2.45) is 7.05 Å². The number of aromatic nitrogens is 3. The predicted octanol–water partition coefficient (Wildman–Crippen LogP) is 1.84. The molecule has 1 aliphatic heterocycles. The van der Waals surface area contributed by atoms with Gasteiger partial charge in [-0.1, -0.05) is 0 Å². The van der Waals surface area contributed by atoms with E-state index in [1.807, 2.05) is 60.0 Å². The zero-order valence-corrected chi connectivity index (χ0v) is 15.6. The standard InChI is InChI=1S/C17H25BN4O3/c1-11(13-7-8-22(6)21-13)23-14-9-12(10-20-15(14)19)18-24-16(2,3)17(4,5)25-18/h7-11H,1-6H3,(H2,19,20). The van der Waals surface area contributed by atoms with Gasteiger partial charge in [-0.15, -0.1) is 0 Å². The van der Waals surface area contributed by atoms with Gasteiger partial charge in [-0.25, -0.2) is 4.98 Å². The van der Waals surface area contributed by atoms with E-state index in [0.29, 0.717) is 11.6 Å². The maximum Gasteiger partial charge on any atom is 0.496 e. The molecular formula is C17H25BN4O3. The van der Waals surface area contributed by atoms with E-state index in [0.717, 1.165) is 11.2 Å². The molecule has 7 nitrogen and oxygen atoms in total. The van der Waals surface area contributed by atoms with Gasteiger partial charge < -0.3 is 19.8 Å². The summed E-state index contributed by atoms with van der Waals surface area (Å²) in [4.78, 5) is 4.24. The number of pyridine rings is 1. The largest absolute Gasteiger partial charge is 0.496 e. The van der Waals surface area contributed by atoms with Crippen molar-refractivity contribution in [2.75, 3.05) is 5.73 Å². The van der Waals surface area contributed by atoms with Gasteiger partial charge >= 0.3 is 7.12 Å². The number of hydrogen-bond donors (Lipinski definition) is 1. The zero-order valence-electron chi connectivity index (χ0n) is 15.6. The molecule has 134 valence electrons. The molecule has 0 saturated carbocycles. The van der Waals surface area contributed by atoms with E-state index in [-0.39, 0.29) is 6.10 Å². The molecule has 1 unspecified atom stereocenters. The Bertz CT molecular complexity index is 759. The second kappa shape index (κ2) is 6.03. The number of aryl methyl sites for hydroxylation is 1. The van der Waals surface area contributed by atoms with E-state index in [9.17, 15) is 0 Å². The van der Waals surface area contributed by atoms with E-state index < -0.39 is 18.3 Å². The van der Waals surface area contributed by atoms with Gasteiger partial charge in [0.25, 0.3) is 0 Å². The van der Waals surface area contributed by atoms with Crippen LogP contribution in [0.4, 0.5) is 5.82 Å². The van der Waals surface area contributed by atoms with E-state index in [1.54, 1.807) is 10.9 Å². The molecule has 0 radical (unpaired) electrons. The van der Waals surface area contributed by atoms with E-state index >= 15 is 0 Å². The first kappa shape index (κ1) is 17.8. The van der Waals surface area contributed by atoms with E-state index in [2.05, 4.69) is 10.1 Å². The van der Waals surface area contributed by atoms with Crippen LogP contribution in [0.2, 0.25) is 0 Å². The SMILES string of the molecule is CC(Oc1cc(B2OC(C)(C)C(C)(C)O2)cnc1N)c1ccn(C)n1. The molecule has 8 heteroatoms. The van der Waals surface area contributed by atoms with Gasteiger partial charge in [-0.05, 0) is 46.8 Å². The van der Waals surface area contributed by atoms with Crippen LogP contribution in [0.25, 0.3) is 0 Å². The average molecular weight is 344 g/mol. The molecule has 1 aliphatic rings. The first-order valence-electron chi connectivity index (χ1n) is 8.36. The average Bonchev–Trinajstić information content (AvgIpc) is 3.03. The molecule has 3 rings (SSSR count). The fourth-order valence-corrected chi connectivity index (χ4v) is 2.57. The molecule has 0 spiro atoms. The second-order valence-electron chi connectivity index (χ2n) is 7.41. The first-order chi connectivity index (χ1) is 11.6. The van der Waals surface area contributed by atoms with Crippen LogP contribution < -0.4 is 15.9 Å². The van der Waals surface area contributed by atoms with Crippen LogP contribution in [0.15, 0.2) is 24.5 Å². The highest BCUT2D eigenvalue weighted by Crippen LogP contribution is 2.36. The molecule has 25 heavy (non-hydrogen) atoms. The van der Waals surface area contributed by atoms with Gasteiger partial charge in [0.05, 0.1) is 11.2 Å². The Morgan fingerprint density at radius 3 is 2.44 bits per heavy atom. The quantitative estimate of drug-likeness (QED) is 0.852. The lowest BCUT2D eigenvalue weighted by Gasteiger charge is -2.32. The Morgan fingerprint density at radius 1 is 1.24 bits per heavy atom. The number of nitrogens with zero attached hydrogens (tertiary/aromatic N) is 3. The number of rotatable bonds is 4. The van der Waals surface area contributed by atoms with Crippen molar-refractivity contribution in [2.45, 2.75) is 51.9 Å². The molecule has 0 bridgehead atoms. The maximum absolute atomic E-state index is 6.06. The predicted molar refractivity (Wildman–Crippen MR) is 96.6 cm³/mol. The summed E-state index contributed by atoms with van der Waals surface area (Å²) in [5.41, 5.74) is 6.75. The first-order valence-corrected chi connectivity index (χ1v) is 8.36. The Kier molecular flexibility index (Phi) is 4.29. The summed E-state index contributed by atoms with van der Waals surface area (Å²) in [5, 5.41) is 4.36. The van der Waals surface area contributed by atoms with Crippen LogP contribution in [-0.2, 0) is 16.4 Å². The topological polar surface area (TPSA) is 84.4 Å². The Morgan fingerprint density at radius 2 is 1.88 bits per heavy atom. The highest BCUT2D eigenvalue weighted by atomic mass is 16.7. The number of anilines is 1. The third-order valence-corrected chi connectivity index (χ3v) is 4.88. The Hall–Kier alpha value is -2.06. The summed E-state index contributed by atoms with van der Waals surface area (Å²) in [6, 6.07) is 3.73. The summed E-state index contributed by atoms with van der Waals surface area (Å²) in [6.07, 6.45) is 3.28. The molecule has 1 fully saturated rings. The molecule has 1 atom stereocenters. The van der Waals surface area contributed by atoms with Crippen LogP contribution in [-0.4, -0.2) is 33.1 Å². The van der Waals surface area contributed by atoms with Crippen LogP contribution >= 0.6 is 0 Å². The lowest BCUT2D eigenvalue weighted by molar-refractivity contribution is 0.00578. The Balaban J connectivity index is 1.82. The third kappa shape index (κ3) is 3.36. The van der Waals surface area contributed by atoms with Crippen LogP contribution in [0.3, 0.4) is 0 Å². The summed E-state index contributed by atoms with van der Waals surface area (Å²) in [5.74, 6) is 0.813. The second-order valence-corrected chi connectivity index (χ2v) is 7.41. The normalized spacial score (nSPS) is 19.8. The molecule has 1 saturated heterocycles. The smallest absolute Gasteiger partial charge is 0.480 e. The van der Waals surface area contributed by atoms with Gasteiger partial charge in [-0.2, -0.15) is 5.10 Å². The summed E-state index contributed by atoms with van der Waals surface area (Å²) in [7, 11) is 1.36. The zero-order chi connectivity index (χ0) is 18.4. The van der Waals surface area contributed by atoms with Gasteiger partial charge in [0.15, 0.2) is 11.6 Å². The van der Waals surface area contributed by atoms with Crippen molar-refractivity contribution in [3.63, 3.8) is 0 Å². The number of hydrogen-bond acceptors (Lipinski definition) is 6. The molecule has 2 aromatic rings. The minimum absolute atomic E-state index is 0.251. The van der Waals surface area contributed by atoms with Crippen molar-refractivity contribution >= 4 is 18.4 Å². The van der Waals surface area contributed by atoms with Crippen LogP contribution in [0.1, 0.15) is 46.4 Å². The number of nitrogen functional groups attached to an aromatic ring is 1. The monoisotopic (exact) mass is 344 g/mol. The number of ether oxygens (including phenoxy) is 1. The van der Waals surface area contributed by atoms with Gasteiger partial charge in [0.1, 0.15) is 11.8 Å². The molecular weight excluding hydrogens is 319 g/mol.